The SMILES string of the molecule is [SiH3]C(S)CCOCCOc1cc(CCl)ccc1Br. The van der Waals surface area contributed by atoms with Crippen LogP contribution in [0.5, 0.6) is 5.75 Å². The van der Waals surface area contributed by atoms with Crippen LogP contribution in [0.25, 0.3) is 0 Å². The molecule has 1 atom stereocenters. The molecule has 1 rings (SSSR count). The number of hydrogen-bond acceptors (Lipinski definition) is 3. The fourth-order valence-electron chi connectivity index (χ4n) is 1.31. The molecule has 0 bridgehead atoms. The largest absolute Gasteiger partial charge is 0.490 e. The molecule has 0 fully saturated rings. The lowest BCUT2D eigenvalue weighted by Crippen LogP contribution is -2.10. The van der Waals surface area contributed by atoms with E-state index in [1.807, 2.05) is 18.2 Å². The van der Waals surface area contributed by atoms with Crippen molar-refractivity contribution in [3.8, 4) is 5.75 Å². The van der Waals surface area contributed by atoms with Crippen LogP contribution >= 0.6 is 40.2 Å². The van der Waals surface area contributed by atoms with Gasteiger partial charge in [-0.1, -0.05) is 6.07 Å². The van der Waals surface area contributed by atoms with Crippen molar-refractivity contribution in [3.63, 3.8) is 0 Å². The Bertz CT molecular complexity index is 366. The summed E-state index contributed by atoms with van der Waals surface area (Å²) in [6.07, 6.45) is 1.01. The molecule has 0 saturated carbocycles. The summed E-state index contributed by atoms with van der Waals surface area (Å²) in [7, 11) is 1.10. The minimum absolute atomic E-state index is 0.490. The van der Waals surface area contributed by atoms with E-state index >= 15 is 0 Å². The molecule has 1 aromatic rings. The zero-order valence-electron chi connectivity index (χ0n) is 10.4. The summed E-state index contributed by atoms with van der Waals surface area (Å²) in [5.41, 5.74) is 1.05. The zero-order valence-corrected chi connectivity index (χ0v) is 15.6. The van der Waals surface area contributed by atoms with Crippen molar-refractivity contribution in [3.05, 3.63) is 28.2 Å². The molecule has 18 heavy (non-hydrogen) atoms. The van der Waals surface area contributed by atoms with Gasteiger partial charge in [0, 0.05) is 22.7 Å². The third-order valence-electron chi connectivity index (χ3n) is 2.32. The molecule has 0 spiro atoms. The fourth-order valence-corrected chi connectivity index (χ4v) is 2.18. The molecule has 0 radical (unpaired) electrons. The Kier molecular flexibility index (Phi) is 8.42. The van der Waals surface area contributed by atoms with Gasteiger partial charge in [0.15, 0.2) is 0 Å². The lowest BCUT2D eigenvalue weighted by Gasteiger charge is -2.10. The summed E-state index contributed by atoms with van der Waals surface area (Å²) in [6.45, 7) is 1.90. The molecule has 2 nitrogen and oxygen atoms in total. The molecule has 0 aliphatic rings. The highest BCUT2D eigenvalue weighted by atomic mass is 79.9. The average Bonchev–Trinajstić information content (AvgIpc) is 2.35. The highest BCUT2D eigenvalue weighted by Gasteiger charge is 2.02. The molecule has 0 N–H and O–H groups in total. The standard InChI is InChI=1S/C12H18BrClO2SSi/c13-10-2-1-9(8-14)7-11(10)16-6-5-15-4-3-12(17)18/h1-2,7,12,17H,3-6,8H2,18H3. The van der Waals surface area contributed by atoms with E-state index in [0.29, 0.717) is 24.0 Å². The van der Waals surface area contributed by atoms with Crippen LogP contribution in [0.4, 0.5) is 0 Å². The number of rotatable bonds is 8. The maximum absolute atomic E-state index is 5.78. The fraction of sp³-hybridized carbons (Fsp3) is 0.500. The van der Waals surface area contributed by atoms with E-state index in [2.05, 4.69) is 28.6 Å². The Labute approximate surface area is 130 Å². The molecule has 1 aromatic carbocycles. The number of halogens is 2. The first-order valence-electron chi connectivity index (χ1n) is 5.86. The molecule has 1 unspecified atom stereocenters. The van der Waals surface area contributed by atoms with Gasteiger partial charge in [-0.3, -0.25) is 0 Å². The van der Waals surface area contributed by atoms with E-state index in [9.17, 15) is 0 Å². The van der Waals surface area contributed by atoms with Crippen molar-refractivity contribution < 1.29 is 9.47 Å². The minimum Gasteiger partial charge on any atom is -0.490 e. The van der Waals surface area contributed by atoms with Gasteiger partial charge in [-0.2, -0.15) is 12.6 Å². The van der Waals surface area contributed by atoms with E-state index < -0.39 is 0 Å². The van der Waals surface area contributed by atoms with E-state index in [1.165, 1.54) is 0 Å². The Morgan fingerprint density at radius 1 is 1.33 bits per heavy atom. The van der Waals surface area contributed by atoms with Gasteiger partial charge in [0.2, 0.25) is 0 Å². The molecule has 0 heterocycles. The summed E-state index contributed by atoms with van der Waals surface area (Å²) in [4.78, 5) is 0.514. The Hall–Kier alpha value is 0.317. The van der Waals surface area contributed by atoms with Gasteiger partial charge < -0.3 is 9.47 Å². The molecule has 0 aliphatic heterocycles. The van der Waals surface area contributed by atoms with Crippen molar-refractivity contribution in [2.24, 2.45) is 0 Å². The molecule has 0 amide bonds. The molecular formula is C12H18BrClO2SSi. The molecule has 0 aliphatic carbocycles. The Balaban J connectivity index is 2.26. The summed E-state index contributed by atoms with van der Waals surface area (Å²) >= 11 is 13.6. The summed E-state index contributed by atoms with van der Waals surface area (Å²) in [5.74, 6) is 1.30. The summed E-state index contributed by atoms with van der Waals surface area (Å²) in [6, 6.07) is 5.86. The quantitative estimate of drug-likeness (QED) is 0.329. The van der Waals surface area contributed by atoms with Gasteiger partial charge in [-0.05, 0) is 44.9 Å². The summed E-state index contributed by atoms with van der Waals surface area (Å²) < 4.78 is 12.1. The van der Waals surface area contributed by atoms with E-state index in [1.54, 1.807) is 0 Å². The van der Waals surface area contributed by atoms with Crippen LogP contribution in [0, 0.1) is 0 Å². The van der Waals surface area contributed by atoms with Gasteiger partial charge in [-0.25, -0.2) is 0 Å². The highest BCUT2D eigenvalue weighted by Crippen LogP contribution is 2.26. The second-order valence-electron chi connectivity index (χ2n) is 4.00. The first kappa shape index (κ1) is 16.4. The molecule has 102 valence electrons. The van der Waals surface area contributed by atoms with Crippen molar-refractivity contribution in [2.75, 3.05) is 19.8 Å². The second kappa shape index (κ2) is 9.26. The number of ether oxygens (including phenoxy) is 2. The van der Waals surface area contributed by atoms with Gasteiger partial charge in [0.1, 0.15) is 12.4 Å². The van der Waals surface area contributed by atoms with Crippen molar-refractivity contribution >= 4 is 50.4 Å². The first-order valence-corrected chi connectivity index (χ1v) is 8.86. The normalized spacial score (nSPS) is 12.6. The van der Waals surface area contributed by atoms with E-state index in [4.69, 9.17) is 21.1 Å². The van der Waals surface area contributed by atoms with Crippen molar-refractivity contribution in [1.29, 1.82) is 0 Å². The summed E-state index contributed by atoms with van der Waals surface area (Å²) in [5, 5.41) is 0. The molecule has 6 heteroatoms. The van der Waals surface area contributed by atoms with Gasteiger partial charge in [0.05, 0.1) is 11.1 Å². The third kappa shape index (κ3) is 6.47. The van der Waals surface area contributed by atoms with E-state index in [-0.39, 0.29) is 0 Å². The molecule has 0 aromatic heterocycles. The smallest absolute Gasteiger partial charge is 0.133 e. The van der Waals surface area contributed by atoms with Gasteiger partial charge in [0.25, 0.3) is 0 Å². The van der Waals surface area contributed by atoms with Crippen LogP contribution in [-0.4, -0.2) is 34.9 Å². The number of alkyl halides is 1. The maximum atomic E-state index is 5.78. The van der Waals surface area contributed by atoms with Gasteiger partial charge in [-0.15, -0.1) is 11.6 Å². The van der Waals surface area contributed by atoms with Gasteiger partial charge >= 0.3 is 0 Å². The minimum atomic E-state index is 0.490. The maximum Gasteiger partial charge on any atom is 0.133 e. The van der Waals surface area contributed by atoms with E-state index in [0.717, 1.165) is 39.1 Å². The number of thiol groups is 1. The van der Waals surface area contributed by atoms with Crippen LogP contribution in [0.1, 0.15) is 12.0 Å². The highest BCUT2D eigenvalue weighted by molar-refractivity contribution is 9.10. The predicted molar refractivity (Wildman–Crippen MR) is 87.3 cm³/mol. The lowest BCUT2D eigenvalue weighted by molar-refractivity contribution is 0.0999. The first-order chi connectivity index (χ1) is 8.63. The number of benzene rings is 1. The second-order valence-corrected chi connectivity index (χ2v) is 8.37. The molecular weight excluding hydrogens is 352 g/mol. The lowest BCUT2D eigenvalue weighted by atomic mass is 10.2. The van der Waals surface area contributed by atoms with Crippen molar-refractivity contribution in [2.45, 2.75) is 17.2 Å². The van der Waals surface area contributed by atoms with Crippen molar-refractivity contribution in [1.82, 2.24) is 0 Å². The van der Waals surface area contributed by atoms with Crippen LogP contribution in [0.15, 0.2) is 22.7 Å². The third-order valence-corrected chi connectivity index (χ3v) is 4.11. The molecule has 0 saturated heterocycles. The Morgan fingerprint density at radius 3 is 2.78 bits per heavy atom. The zero-order chi connectivity index (χ0) is 13.4. The van der Waals surface area contributed by atoms with Crippen LogP contribution in [0.2, 0.25) is 0 Å². The average molecular weight is 370 g/mol. The predicted octanol–water partition coefficient (Wildman–Crippen LogP) is 2.59. The van der Waals surface area contributed by atoms with Crippen LogP contribution in [0.3, 0.4) is 0 Å². The van der Waals surface area contributed by atoms with Crippen LogP contribution < -0.4 is 4.74 Å². The number of hydrogen-bond donors (Lipinski definition) is 1. The topological polar surface area (TPSA) is 18.5 Å². The monoisotopic (exact) mass is 368 g/mol. The Morgan fingerprint density at radius 2 is 2.11 bits per heavy atom. The van der Waals surface area contributed by atoms with Crippen LogP contribution in [-0.2, 0) is 10.6 Å².